The molecule has 5 nitrogen and oxygen atoms in total. The van der Waals surface area contributed by atoms with E-state index in [-0.39, 0.29) is 25.4 Å². The highest BCUT2D eigenvalue weighted by Crippen LogP contribution is 2.32. The minimum Gasteiger partial charge on any atom is -0.444 e. The highest BCUT2D eigenvalue weighted by Gasteiger charge is 2.32. The molecule has 0 heterocycles. The summed E-state index contributed by atoms with van der Waals surface area (Å²) in [5.74, 6) is -0.314. The largest absolute Gasteiger partial charge is 0.444 e. The molecule has 0 atom stereocenters. The van der Waals surface area contributed by atoms with E-state index in [1.165, 1.54) is 6.07 Å². The van der Waals surface area contributed by atoms with Crippen molar-refractivity contribution in [2.24, 2.45) is 0 Å². The van der Waals surface area contributed by atoms with E-state index in [0.29, 0.717) is 5.56 Å². The summed E-state index contributed by atoms with van der Waals surface area (Å²) < 4.78 is 43.6. The van der Waals surface area contributed by atoms with Crippen molar-refractivity contribution >= 4 is 12.0 Å². The van der Waals surface area contributed by atoms with Crippen molar-refractivity contribution in [2.45, 2.75) is 58.2 Å². The lowest BCUT2D eigenvalue weighted by atomic mass is 9.83. The van der Waals surface area contributed by atoms with E-state index < -0.39 is 28.8 Å². The Bertz CT molecular complexity index is 665. The molecule has 0 fully saturated rings. The fourth-order valence-corrected chi connectivity index (χ4v) is 2.22. The van der Waals surface area contributed by atoms with Crippen LogP contribution in [0, 0.1) is 0 Å². The van der Waals surface area contributed by atoms with Gasteiger partial charge in [-0.1, -0.05) is 32.0 Å². The number of nitrogens with one attached hydrogen (secondary N) is 2. The zero-order valence-corrected chi connectivity index (χ0v) is 16.3. The molecule has 0 unspecified atom stereocenters. The van der Waals surface area contributed by atoms with Gasteiger partial charge in [0.25, 0.3) is 0 Å². The Labute approximate surface area is 157 Å². The lowest BCUT2D eigenvalue weighted by Crippen LogP contribution is -2.39. The molecule has 0 saturated heterocycles. The molecule has 152 valence electrons. The molecule has 0 aliphatic heterocycles. The number of halogens is 3. The van der Waals surface area contributed by atoms with Crippen molar-refractivity contribution in [1.82, 2.24) is 10.6 Å². The van der Waals surface area contributed by atoms with Crippen LogP contribution in [0.25, 0.3) is 0 Å². The molecular weight excluding hydrogens is 361 g/mol. The molecule has 27 heavy (non-hydrogen) atoms. The Hall–Kier alpha value is -2.25. The second kappa shape index (κ2) is 8.63. The van der Waals surface area contributed by atoms with E-state index in [0.717, 1.165) is 12.1 Å². The predicted octanol–water partition coefficient (Wildman–Crippen LogP) is 4.01. The van der Waals surface area contributed by atoms with Gasteiger partial charge < -0.3 is 15.4 Å². The minimum atomic E-state index is -4.41. The first-order valence-electron chi connectivity index (χ1n) is 8.62. The van der Waals surface area contributed by atoms with Crippen LogP contribution < -0.4 is 10.6 Å². The Morgan fingerprint density at radius 2 is 1.59 bits per heavy atom. The maximum absolute atomic E-state index is 12.9. The smallest absolute Gasteiger partial charge is 0.416 e. The van der Waals surface area contributed by atoms with Crippen molar-refractivity contribution in [3.05, 3.63) is 35.4 Å². The number of alkyl carbamates (subject to hydrolysis) is 1. The number of amides is 2. The van der Waals surface area contributed by atoms with Gasteiger partial charge in [-0.05, 0) is 32.4 Å². The number of ether oxygens (including phenoxy) is 1. The molecule has 1 aromatic rings. The first-order valence-corrected chi connectivity index (χ1v) is 8.62. The Kier molecular flexibility index (Phi) is 7.28. The topological polar surface area (TPSA) is 67.4 Å². The number of hydrogen-bond donors (Lipinski definition) is 2. The van der Waals surface area contributed by atoms with Gasteiger partial charge in [0.1, 0.15) is 5.60 Å². The quantitative estimate of drug-likeness (QED) is 0.774. The van der Waals surface area contributed by atoms with Crippen LogP contribution in [0.15, 0.2) is 24.3 Å². The van der Waals surface area contributed by atoms with Gasteiger partial charge in [0.2, 0.25) is 5.91 Å². The maximum Gasteiger partial charge on any atom is 0.416 e. The third-order valence-electron chi connectivity index (χ3n) is 3.72. The van der Waals surface area contributed by atoms with Crippen molar-refractivity contribution < 1.29 is 27.5 Å². The summed E-state index contributed by atoms with van der Waals surface area (Å²) in [6, 6.07) is 5.06. The van der Waals surface area contributed by atoms with Crippen LogP contribution in [0.5, 0.6) is 0 Å². The van der Waals surface area contributed by atoms with Crippen LogP contribution in [0.4, 0.5) is 18.0 Å². The van der Waals surface area contributed by atoms with Crippen LogP contribution in [0.3, 0.4) is 0 Å². The van der Waals surface area contributed by atoms with Crippen LogP contribution in [0.1, 0.15) is 52.2 Å². The van der Waals surface area contributed by atoms with Gasteiger partial charge in [-0.15, -0.1) is 0 Å². The average Bonchev–Trinajstić information content (AvgIpc) is 2.50. The van der Waals surface area contributed by atoms with Crippen molar-refractivity contribution in [2.75, 3.05) is 13.1 Å². The molecule has 0 saturated carbocycles. The van der Waals surface area contributed by atoms with Gasteiger partial charge in [0.05, 0.1) is 5.56 Å². The highest BCUT2D eigenvalue weighted by atomic mass is 19.4. The highest BCUT2D eigenvalue weighted by molar-refractivity contribution is 5.77. The standard InChI is InChI=1S/C19H27F3N2O3/c1-17(2,3)27-16(26)23-10-9-15(25)24-12-18(4,5)13-7-6-8-14(11-13)19(20,21)22/h6-8,11H,9-10,12H2,1-5H3,(H,23,26)(H,24,25). The number of benzene rings is 1. The molecule has 0 aliphatic rings. The molecule has 0 radical (unpaired) electrons. The third kappa shape index (κ3) is 8.32. The van der Waals surface area contributed by atoms with E-state index in [1.807, 2.05) is 0 Å². The lowest BCUT2D eigenvalue weighted by molar-refractivity contribution is -0.137. The van der Waals surface area contributed by atoms with Crippen LogP contribution in [0.2, 0.25) is 0 Å². The number of hydrogen-bond acceptors (Lipinski definition) is 3. The second-order valence-electron chi connectivity index (χ2n) is 7.92. The lowest BCUT2D eigenvalue weighted by Gasteiger charge is -2.26. The second-order valence-corrected chi connectivity index (χ2v) is 7.92. The number of rotatable bonds is 6. The monoisotopic (exact) mass is 388 g/mol. The van der Waals surface area contributed by atoms with Gasteiger partial charge in [-0.2, -0.15) is 13.2 Å². The van der Waals surface area contributed by atoms with Crippen LogP contribution in [-0.2, 0) is 21.1 Å². The van der Waals surface area contributed by atoms with Crippen molar-refractivity contribution in [3.8, 4) is 0 Å². The van der Waals surface area contributed by atoms with Crippen LogP contribution >= 0.6 is 0 Å². The van der Waals surface area contributed by atoms with Gasteiger partial charge >= 0.3 is 12.3 Å². The normalized spacial score (nSPS) is 12.4. The van der Waals surface area contributed by atoms with E-state index in [2.05, 4.69) is 10.6 Å². The Morgan fingerprint density at radius 1 is 1.00 bits per heavy atom. The van der Waals surface area contributed by atoms with Crippen molar-refractivity contribution in [3.63, 3.8) is 0 Å². The number of carbonyl (C=O) groups is 2. The summed E-state index contributed by atoms with van der Waals surface area (Å²) in [7, 11) is 0. The summed E-state index contributed by atoms with van der Waals surface area (Å²) in [4.78, 5) is 23.4. The molecule has 0 aromatic heterocycles. The SMILES string of the molecule is CC(C)(C)OC(=O)NCCC(=O)NCC(C)(C)c1cccc(C(F)(F)F)c1. The zero-order valence-electron chi connectivity index (χ0n) is 16.3. The number of alkyl halides is 3. The average molecular weight is 388 g/mol. The van der Waals surface area contributed by atoms with Crippen LogP contribution in [-0.4, -0.2) is 30.7 Å². The Morgan fingerprint density at radius 3 is 2.15 bits per heavy atom. The summed E-state index contributed by atoms with van der Waals surface area (Å²) >= 11 is 0. The predicted molar refractivity (Wildman–Crippen MR) is 96.3 cm³/mol. The van der Waals surface area contributed by atoms with E-state index in [9.17, 15) is 22.8 Å². The number of carbonyl (C=O) groups excluding carboxylic acids is 2. The molecule has 1 aromatic carbocycles. The fraction of sp³-hybridized carbons (Fsp3) is 0.579. The molecule has 0 bridgehead atoms. The molecule has 8 heteroatoms. The minimum absolute atomic E-state index is 0.0396. The molecule has 1 rings (SSSR count). The summed E-state index contributed by atoms with van der Waals surface area (Å²) in [5.41, 5.74) is -1.55. The van der Waals surface area contributed by atoms with Gasteiger partial charge in [-0.25, -0.2) is 4.79 Å². The molecular formula is C19H27F3N2O3. The molecule has 2 N–H and O–H groups in total. The maximum atomic E-state index is 12.9. The fourth-order valence-electron chi connectivity index (χ4n) is 2.22. The first kappa shape index (κ1) is 22.8. The van der Waals surface area contributed by atoms with Gasteiger partial charge in [0.15, 0.2) is 0 Å². The van der Waals surface area contributed by atoms with E-state index in [1.54, 1.807) is 40.7 Å². The first-order chi connectivity index (χ1) is 12.2. The Balaban J connectivity index is 2.52. The van der Waals surface area contributed by atoms with Gasteiger partial charge in [-0.3, -0.25) is 4.79 Å². The van der Waals surface area contributed by atoms with Gasteiger partial charge in [0, 0.05) is 24.9 Å². The summed E-state index contributed by atoms with van der Waals surface area (Å²) in [5, 5.41) is 5.17. The molecule has 0 spiro atoms. The summed E-state index contributed by atoms with van der Waals surface area (Å²) in [6.07, 6.45) is -4.99. The third-order valence-corrected chi connectivity index (χ3v) is 3.72. The molecule has 2 amide bonds. The summed E-state index contributed by atoms with van der Waals surface area (Å²) in [6.45, 7) is 8.97. The zero-order chi connectivity index (χ0) is 20.9. The van der Waals surface area contributed by atoms with Crippen molar-refractivity contribution in [1.29, 1.82) is 0 Å². The molecule has 0 aliphatic carbocycles. The van der Waals surface area contributed by atoms with E-state index in [4.69, 9.17) is 4.74 Å². The van der Waals surface area contributed by atoms with E-state index >= 15 is 0 Å².